The third-order valence-electron chi connectivity index (χ3n) is 4.49. The number of carbonyl (C=O) groups is 1. The lowest BCUT2D eigenvalue weighted by Crippen LogP contribution is -2.30. The molecule has 0 unspecified atom stereocenters. The standard InChI is InChI=1S/C20H27N5O/c1-15(2)8-9-23-20(26)24-17-7-5-6-16(14-17)18-19(22-11-10-21-18)25-12-3-4-13-25/h5-7,10-11,14-15H,3-4,8-9,12-13H2,1-2H3,(H2,23,24,26). The maximum atomic E-state index is 12.1. The molecule has 0 spiro atoms. The number of nitrogens with zero attached hydrogens (tertiary/aromatic N) is 3. The third kappa shape index (κ3) is 4.71. The third-order valence-corrected chi connectivity index (χ3v) is 4.49. The average Bonchev–Trinajstić information content (AvgIpc) is 3.16. The molecule has 1 aromatic carbocycles. The SMILES string of the molecule is CC(C)CCNC(=O)Nc1cccc(-c2nccnc2N2CCCC2)c1. The van der Waals surface area contributed by atoms with Crippen molar-refractivity contribution in [1.29, 1.82) is 0 Å². The Bertz CT molecular complexity index is 740. The Balaban J connectivity index is 1.73. The summed E-state index contributed by atoms with van der Waals surface area (Å²) in [5.41, 5.74) is 2.57. The van der Waals surface area contributed by atoms with Crippen LogP contribution in [0.1, 0.15) is 33.1 Å². The van der Waals surface area contributed by atoms with Gasteiger partial charge in [0.15, 0.2) is 5.82 Å². The van der Waals surface area contributed by atoms with Gasteiger partial charge in [-0.3, -0.25) is 4.98 Å². The first-order chi connectivity index (χ1) is 12.6. The first-order valence-electron chi connectivity index (χ1n) is 9.35. The van der Waals surface area contributed by atoms with Gasteiger partial charge in [0.05, 0.1) is 0 Å². The van der Waals surface area contributed by atoms with Gasteiger partial charge < -0.3 is 15.5 Å². The highest BCUT2D eigenvalue weighted by Gasteiger charge is 2.18. The summed E-state index contributed by atoms with van der Waals surface area (Å²) in [5, 5.41) is 5.79. The molecule has 2 aromatic rings. The summed E-state index contributed by atoms with van der Waals surface area (Å²) in [7, 11) is 0. The maximum absolute atomic E-state index is 12.1. The first kappa shape index (κ1) is 18.2. The number of hydrogen-bond donors (Lipinski definition) is 2. The lowest BCUT2D eigenvalue weighted by molar-refractivity contribution is 0.251. The molecule has 0 bridgehead atoms. The van der Waals surface area contributed by atoms with Gasteiger partial charge >= 0.3 is 6.03 Å². The highest BCUT2D eigenvalue weighted by Crippen LogP contribution is 2.30. The van der Waals surface area contributed by atoms with E-state index in [2.05, 4.69) is 39.3 Å². The predicted octanol–water partition coefficient (Wildman–Crippen LogP) is 3.91. The van der Waals surface area contributed by atoms with Crippen LogP contribution in [0.3, 0.4) is 0 Å². The second kappa shape index (κ2) is 8.65. The van der Waals surface area contributed by atoms with Crippen LogP contribution in [0.15, 0.2) is 36.7 Å². The van der Waals surface area contributed by atoms with E-state index in [0.717, 1.165) is 42.3 Å². The van der Waals surface area contributed by atoms with Gasteiger partial charge in [0.1, 0.15) is 5.69 Å². The Labute approximate surface area is 155 Å². The second-order valence-corrected chi connectivity index (χ2v) is 7.07. The van der Waals surface area contributed by atoms with Gasteiger partial charge in [0, 0.05) is 43.3 Å². The van der Waals surface area contributed by atoms with Gasteiger partial charge in [-0.1, -0.05) is 26.0 Å². The number of anilines is 2. The number of nitrogens with one attached hydrogen (secondary N) is 2. The van der Waals surface area contributed by atoms with Gasteiger partial charge in [-0.2, -0.15) is 0 Å². The van der Waals surface area contributed by atoms with Crippen molar-refractivity contribution >= 4 is 17.5 Å². The van der Waals surface area contributed by atoms with Crippen molar-refractivity contribution < 1.29 is 4.79 Å². The van der Waals surface area contributed by atoms with Crippen molar-refractivity contribution in [3.05, 3.63) is 36.7 Å². The quantitative estimate of drug-likeness (QED) is 0.826. The molecule has 2 amide bonds. The van der Waals surface area contributed by atoms with Crippen LogP contribution in [0.25, 0.3) is 11.3 Å². The normalized spacial score (nSPS) is 13.9. The van der Waals surface area contributed by atoms with Crippen LogP contribution in [-0.4, -0.2) is 35.6 Å². The van der Waals surface area contributed by atoms with Gasteiger partial charge in [-0.15, -0.1) is 0 Å². The molecule has 2 N–H and O–H groups in total. The molecular formula is C20H27N5O. The molecule has 1 fully saturated rings. The van der Waals surface area contributed by atoms with Crippen LogP contribution in [0.2, 0.25) is 0 Å². The van der Waals surface area contributed by atoms with Crippen molar-refractivity contribution in [2.45, 2.75) is 33.1 Å². The number of amides is 2. The minimum absolute atomic E-state index is 0.179. The minimum atomic E-state index is -0.179. The number of aromatic nitrogens is 2. The predicted molar refractivity (Wildman–Crippen MR) is 105 cm³/mol. The fourth-order valence-corrected chi connectivity index (χ4v) is 3.09. The van der Waals surface area contributed by atoms with E-state index in [-0.39, 0.29) is 6.03 Å². The molecule has 1 aliphatic heterocycles. The van der Waals surface area contributed by atoms with Crippen LogP contribution in [0.5, 0.6) is 0 Å². The number of carbonyl (C=O) groups excluding carboxylic acids is 1. The number of rotatable bonds is 6. The van der Waals surface area contributed by atoms with Gasteiger partial charge in [-0.25, -0.2) is 9.78 Å². The molecule has 6 nitrogen and oxygen atoms in total. The molecular weight excluding hydrogens is 326 g/mol. The fraction of sp³-hybridized carbons (Fsp3) is 0.450. The Hall–Kier alpha value is -2.63. The molecule has 0 radical (unpaired) electrons. The summed E-state index contributed by atoms with van der Waals surface area (Å²) in [6, 6.07) is 7.59. The number of hydrogen-bond acceptors (Lipinski definition) is 4. The summed E-state index contributed by atoms with van der Waals surface area (Å²) in [5.74, 6) is 1.49. The lowest BCUT2D eigenvalue weighted by atomic mass is 10.1. The van der Waals surface area contributed by atoms with E-state index in [0.29, 0.717) is 12.5 Å². The zero-order valence-corrected chi connectivity index (χ0v) is 15.5. The molecule has 0 atom stereocenters. The van der Waals surface area contributed by atoms with E-state index in [1.807, 2.05) is 24.3 Å². The van der Waals surface area contributed by atoms with Crippen molar-refractivity contribution in [3.8, 4) is 11.3 Å². The minimum Gasteiger partial charge on any atom is -0.355 e. The van der Waals surface area contributed by atoms with Gasteiger partial charge in [0.2, 0.25) is 0 Å². The second-order valence-electron chi connectivity index (χ2n) is 7.07. The van der Waals surface area contributed by atoms with Gasteiger partial charge in [-0.05, 0) is 37.3 Å². The van der Waals surface area contributed by atoms with E-state index >= 15 is 0 Å². The first-order valence-corrected chi connectivity index (χ1v) is 9.35. The van der Waals surface area contributed by atoms with Gasteiger partial charge in [0.25, 0.3) is 0 Å². The van der Waals surface area contributed by atoms with Crippen molar-refractivity contribution in [2.24, 2.45) is 5.92 Å². The summed E-state index contributed by atoms with van der Waals surface area (Å²) < 4.78 is 0. The summed E-state index contributed by atoms with van der Waals surface area (Å²) in [4.78, 5) is 23.4. The highest BCUT2D eigenvalue weighted by molar-refractivity contribution is 5.90. The molecule has 2 heterocycles. The van der Waals surface area contributed by atoms with Crippen molar-refractivity contribution in [1.82, 2.24) is 15.3 Å². The molecule has 6 heteroatoms. The molecule has 1 saturated heterocycles. The molecule has 1 aliphatic rings. The Morgan fingerprint density at radius 1 is 1.19 bits per heavy atom. The van der Waals surface area contributed by atoms with E-state index < -0.39 is 0 Å². The Kier molecular flexibility index (Phi) is 6.04. The van der Waals surface area contributed by atoms with E-state index in [9.17, 15) is 4.79 Å². The topological polar surface area (TPSA) is 70.1 Å². The number of urea groups is 1. The molecule has 0 aliphatic carbocycles. The summed E-state index contributed by atoms with van der Waals surface area (Å²) >= 11 is 0. The van der Waals surface area contributed by atoms with Crippen LogP contribution in [0, 0.1) is 5.92 Å². The van der Waals surface area contributed by atoms with Crippen molar-refractivity contribution in [2.75, 3.05) is 29.9 Å². The number of benzene rings is 1. The zero-order valence-electron chi connectivity index (χ0n) is 15.5. The van der Waals surface area contributed by atoms with Crippen LogP contribution < -0.4 is 15.5 Å². The molecule has 26 heavy (non-hydrogen) atoms. The lowest BCUT2D eigenvalue weighted by Gasteiger charge is -2.19. The van der Waals surface area contributed by atoms with E-state index in [4.69, 9.17) is 0 Å². The largest absolute Gasteiger partial charge is 0.355 e. The molecule has 138 valence electrons. The fourth-order valence-electron chi connectivity index (χ4n) is 3.09. The molecule has 0 saturated carbocycles. The van der Waals surface area contributed by atoms with Crippen LogP contribution in [-0.2, 0) is 0 Å². The van der Waals surface area contributed by atoms with E-state index in [1.54, 1.807) is 12.4 Å². The smallest absolute Gasteiger partial charge is 0.319 e. The Morgan fingerprint density at radius 2 is 1.96 bits per heavy atom. The zero-order chi connectivity index (χ0) is 18.4. The van der Waals surface area contributed by atoms with Crippen molar-refractivity contribution in [3.63, 3.8) is 0 Å². The van der Waals surface area contributed by atoms with Crippen LogP contribution in [0.4, 0.5) is 16.3 Å². The monoisotopic (exact) mass is 353 g/mol. The summed E-state index contributed by atoms with van der Waals surface area (Å²) in [6.07, 6.45) is 6.80. The Morgan fingerprint density at radius 3 is 2.73 bits per heavy atom. The summed E-state index contributed by atoms with van der Waals surface area (Å²) in [6.45, 7) is 6.99. The molecule has 1 aromatic heterocycles. The van der Waals surface area contributed by atoms with E-state index in [1.165, 1.54) is 12.8 Å². The van der Waals surface area contributed by atoms with Crippen LogP contribution >= 0.6 is 0 Å². The maximum Gasteiger partial charge on any atom is 0.319 e. The molecule has 3 rings (SSSR count). The average molecular weight is 353 g/mol. The highest BCUT2D eigenvalue weighted by atomic mass is 16.2.